The highest BCUT2D eigenvalue weighted by molar-refractivity contribution is 5.50. The van der Waals surface area contributed by atoms with Gasteiger partial charge in [0.1, 0.15) is 5.75 Å². The Morgan fingerprint density at radius 2 is 1.94 bits per heavy atom. The second-order valence-corrected chi connectivity index (χ2v) is 3.65. The van der Waals surface area contributed by atoms with E-state index in [1.165, 1.54) is 18.2 Å². The molecule has 1 saturated heterocycles. The molecule has 0 bridgehead atoms. The van der Waals surface area contributed by atoms with Crippen LogP contribution in [0.1, 0.15) is 12.8 Å². The van der Waals surface area contributed by atoms with Crippen LogP contribution in [-0.2, 0) is 0 Å². The van der Waals surface area contributed by atoms with Crippen molar-refractivity contribution in [2.75, 3.05) is 18.0 Å². The SMILES string of the molecule is FC(F)(F)Oc1cc[c]c(N2CCCC2)c1. The topological polar surface area (TPSA) is 12.5 Å². The first-order chi connectivity index (χ1) is 7.54. The van der Waals surface area contributed by atoms with Gasteiger partial charge in [-0.25, -0.2) is 0 Å². The van der Waals surface area contributed by atoms with Crippen molar-refractivity contribution in [2.45, 2.75) is 19.2 Å². The number of hydrogen-bond donors (Lipinski definition) is 0. The number of halogens is 3. The first-order valence-electron chi connectivity index (χ1n) is 5.07. The summed E-state index contributed by atoms with van der Waals surface area (Å²) in [5.74, 6) is -0.187. The average Bonchev–Trinajstić information content (AvgIpc) is 2.68. The zero-order valence-electron chi connectivity index (χ0n) is 8.55. The van der Waals surface area contributed by atoms with Crippen LogP contribution in [0.25, 0.3) is 0 Å². The van der Waals surface area contributed by atoms with Crippen LogP contribution in [-0.4, -0.2) is 19.5 Å². The smallest absolute Gasteiger partial charge is 0.406 e. The van der Waals surface area contributed by atoms with Crippen molar-refractivity contribution in [2.24, 2.45) is 0 Å². The minimum absolute atomic E-state index is 0.187. The fraction of sp³-hybridized carbons (Fsp3) is 0.455. The number of benzene rings is 1. The molecule has 0 spiro atoms. The summed E-state index contributed by atoms with van der Waals surface area (Å²) < 4.78 is 39.9. The lowest BCUT2D eigenvalue weighted by Gasteiger charge is -2.18. The molecule has 1 heterocycles. The third-order valence-electron chi connectivity index (χ3n) is 2.44. The number of hydrogen-bond acceptors (Lipinski definition) is 2. The molecule has 0 atom stereocenters. The molecule has 0 aromatic heterocycles. The van der Waals surface area contributed by atoms with Gasteiger partial charge in [0.25, 0.3) is 0 Å². The van der Waals surface area contributed by atoms with Crippen molar-refractivity contribution in [1.29, 1.82) is 0 Å². The second-order valence-electron chi connectivity index (χ2n) is 3.65. The normalized spacial score (nSPS) is 16.6. The summed E-state index contributed by atoms with van der Waals surface area (Å²) >= 11 is 0. The summed E-state index contributed by atoms with van der Waals surface area (Å²) in [5, 5.41) is 0. The lowest BCUT2D eigenvalue weighted by molar-refractivity contribution is -0.274. The molecular weight excluding hydrogens is 219 g/mol. The van der Waals surface area contributed by atoms with E-state index in [1.54, 1.807) is 0 Å². The van der Waals surface area contributed by atoms with Crippen molar-refractivity contribution < 1.29 is 17.9 Å². The third-order valence-corrected chi connectivity index (χ3v) is 2.44. The Kier molecular flexibility index (Phi) is 2.94. The van der Waals surface area contributed by atoms with Crippen LogP contribution < -0.4 is 9.64 Å². The van der Waals surface area contributed by atoms with Gasteiger partial charge < -0.3 is 9.64 Å². The highest BCUT2D eigenvalue weighted by Crippen LogP contribution is 2.27. The number of alkyl halides is 3. The molecule has 0 amide bonds. The van der Waals surface area contributed by atoms with E-state index in [2.05, 4.69) is 10.8 Å². The molecule has 1 aliphatic rings. The second kappa shape index (κ2) is 4.23. The van der Waals surface area contributed by atoms with Gasteiger partial charge in [-0.15, -0.1) is 13.2 Å². The van der Waals surface area contributed by atoms with Crippen LogP contribution in [0.3, 0.4) is 0 Å². The third kappa shape index (κ3) is 2.81. The maximum atomic E-state index is 12.0. The first-order valence-corrected chi connectivity index (χ1v) is 5.07. The van der Waals surface area contributed by atoms with Crippen LogP contribution in [0.15, 0.2) is 18.2 Å². The summed E-state index contributed by atoms with van der Waals surface area (Å²) in [6.45, 7) is 1.73. The Hall–Kier alpha value is -1.39. The quantitative estimate of drug-likeness (QED) is 0.774. The molecule has 2 rings (SSSR count). The molecule has 1 aromatic carbocycles. The lowest BCUT2D eigenvalue weighted by Crippen LogP contribution is -2.19. The lowest BCUT2D eigenvalue weighted by atomic mass is 10.3. The maximum absolute atomic E-state index is 12.0. The van der Waals surface area contributed by atoms with E-state index >= 15 is 0 Å². The Balaban J connectivity index is 2.12. The Labute approximate surface area is 91.6 Å². The molecule has 0 unspecified atom stereocenters. The van der Waals surface area contributed by atoms with Gasteiger partial charge in [0, 0.05) is 30.9 Å². The molecule has 0 saturated carbocycles. The number of rotatable bonds is 2. The zero-order valence-corrected chi connectivity index (χ0v) is 8.55. The van der Waals surface area contributed by atoms with Gasteiger partial charge >= 0.3 is 6.36 Å². The predicted molar refractivity (Wildman–Crippen MR) is 53.4 cm³/mol. The minimum Gasteiger partial charge on any atom is -0.406 e. The fourth-order valence-corrected chi connectivity index (χ4v) is 1.77. The summed E-state index contributed by atoms with van der Waals surface area (Å²) in [7, 11) is 0. The molecule has 5 heteroatoms. The van der Waals surface area contributed by atoms with Gasteiger partial charge in [-0.2, -0.15) is 0 Å². The van der Waals surface area contributed by atoms with Gasteiger partial charge in [-0.05, 0) is 25.0 Å². The molecule has 1 radical (unpaired) electrons. The van der Waals surface area contributed by atoms with Crippen molar-refractivity contribution in [3.8, 4) is 5.75 Å². The number of ether oxygens (including phenoxy) is 1. The molecule has 0 N–H and O–H groups in total. The Morgan fingerprint density at radius 1 is 1.25 bits per heavy atom. The summed E-state index contributed by atoms with van der Waals surface area (Å²) in [6, 6.07) is 7.00. The van der Waals surface area contributed by atoms with Gasteiger partial charge in [-0.1, -0.05) is 0 Å². The van der Waals surface area contributed by atoms with Crippen LogP contribution in [0.4, 0.5) is 18.9 Å². The van der Waals surface area contributed by atoms with E-state index in [0.29, 0.717) is 5.69 Å². The molecule has 16 heavy (non-hydrogen) atoms. The van der Waals surface area contributed by atoms with Crippen LogP contribution in [0, 0.1) is 6.07 Å². The summed E-state index contributed by atoms with van der Waals surface area (Å²) in [6.07, 6.45) is -2.50. The first kappa shape index (κ1) is 11.1. The van der Waals surface area contributed by atoms with E-state index in [0.717, 1.165) is 25.9 Å². The number of nitrogens with zero attached hydrogens (tertiary/aromatic N) is 1. The minimum atomic E-state index is -4.64. The zero-order chi connectivity index (χ0) is 11.6. The molecule has 1 aliphatic heterocycles. The van der Waals surface area contributed by atoms with Crippen molar-refractivity contribution in [1.82, 2.24) is 0 Å². The van der Waals surface area contributed by atoms with Crippen LogP contribution in [0.5, 0.6) is 5.75 Å². The molecule has 0 aliphatic carbocycles. The number of anilines is 1. The maximum Gasteiger partial charge on any atom is 0.573 e. The molecule has 1 fully saturated rings. The molecule has 1 aromatic rings. The van der Waals surface area contributed by atoms with Gasteiger partial charge in [-0.3, -0.25) is 0 Å². The summed E-state index contributed by atoms with van der Waals surface area (Å²) in [4.78, 5) is 2.00. The van der Waals surface area contributed by atoms with E-state index < -0.39 is 6.36 Å². The van der Waals surface area contributed by atoms with E-state index in [9.17, 15) is 13.2 Å². The highest BCUT2D eigenvalue weighted by atomic mass is 19.4. The van der Waals surface area contributed by atoms with E-state index in [4.69, 9.17) is 0 Å². The fourth-order valence-electron chi connectivity index (χ4n) is 1.77. The monoisotopic (exact) mass is 230 g/mol. The Morgan fingerprint density at radius 3 is 2.56 bits per heavy atom. The summed E-state index contributed by atoms with van der Waals surface area (Å²) in [5.41, 5.74) is 0.666. The average molecular weight is 230 g/mol. The van der Waals surface area contributed by atoms with Crippen LogP contribution in [0.2, 0.25) is 0 Å². The van der Waals surface area contributed by atoms with E-state index in [-0.39, 0.29) is 5.75 Å². The predicted octanol–water partition coefficient (Wildman–Crippen LogP) is 2.99. The van der Waals surface area contributed by atoms with Crippen molar-refractivity contribution in [3.63, 3.8) is 0 Å². The van der Waals surface area contributed by atoms with Gasteiger partial charge in [0.05, 0.1) is 0 Å². The largest absolute Gasteiger partial charge is 0.573 e. The van der Waals surface area contributed by atoms with Gasteiger partial charge in [0.15, 0.2) is 0 Å². The highest BCUT2D eigenvalue weighted by Gasteiger charge is 2.31. The van der Waals surface area contributed by atoms with Crippen molar-refractivity contribution >= 4 is 5.69 Å². The van der Waals surface area contributed by atoms with Crippen molar-refractivity contribution in [3.05, 3.63) is 24.3 Å². The molecule has 87 valence electrons. The van der Waals surface area contributed by atoms with E-state index in [1.807, 2.05) is 4.90 Å². The Bertz CT molecular complexity index is 358. The molecule has 2 nitrogen and oxygen atoms in total. The standard InChI is InChI=1S/C11H11F3NO/c12-11(13,14)16-10-5-3-4-9(8-10)15-6-1-2-7-15/h3,5,8H,1-2,6-7H2. The van der Waals surface area contributed by atoms with Gasteiger partial charge in [0.2, 0.25) is 0 Å². The van der Waals surface area contributed by atoms with Crippen LogP contribution >= 0.6 is 0 Å². The molecular formula is C11H11F3NO.